The Bertz CT molecular complexity index is 840. The van der Waals surface area contributed by atoms with E-state index in [0.717, 1.165) is 17.0 Å². The van der Waals surface area contributed by atoms with Gasteiger partial charge >= 0.3 is 0 Å². The number of rotatable bonds is 3. The second-order valence-electron chi connectivity index (χ2n) is 5.64. The van der Waals surface area contributed by atoms with Crippen LogP contribution in [0.3, 0.4) is 0 Å². The Morgan fingerprint density at radius 2 is 0.885 bits per heavy atom. The molecule has 2 heteroatoms. The van der Waals surface area contributed by atoms with Crippen LogP contribution in [0, 0.1) is 0 Å². The van der Waals surface area contributed by atoms with Crippen LogP contribution in [0.25, 0.3) is 17.0 Å². The van der Waals surface area contributed by atoms with Gasteiger partial charge in [0.15, 0.2) is 0 Å². The summed E-state index contributed by atoms with van der Waals surface area (Å²) < 4.78 is 0. The maximum absolute atomic E-state index is 4.19. The number of hydrogen-bond acceptors (Lipinski definition) is 2. The number of nitrogens with zero attached hydrogens (tertiary/aromatic N) is 2. The summed E-state index contributed by atoms with van der Waals surface area (Å²) in [6, 6.07) is 32.1. The van der Waals surface area contributed by atoms with Crippen LogP contribution >= 0.6 is 0 Å². The highest BCUT2D eigenvalue weighted by atomic mass is 14.7. The molecule has 0 atom stereocenters. The summed E-state index contributed by atoms with van der Waals surface area (Å²) in [5.41, 5.74) is 5.26. The predicted molar refractivity (Wildman–Crippen MR) is 108 cm³/mol. The molecule has 0 saturated heterocycles. The van der Waals surface area contributed by atoms with Crippen molar-refractivity contribution < 1.29 is 0 Å². The van der Waals surface area contributed by atoms with E-state index in [4.69, 9.17) is 0 Å². The van der Waals surface area contributed by atoms with Crippen LogP contribution in [0.1, 0.15) is 11.1 Å². The lowest BCUT2D eigenvalue weighted by Crippen LogP contribution is -1.84. The van der Waals surface area contributed by atoms with E-state index < -0.39 is 0 Å². The van der Waals surface area contributed by atoms with Crippen LogP contribution in [0.15, 0.2) is 116 Å². The lowest BCUT2D eigenvalue weighted by Gasteiger charge is -2.04. The summed E-state index contributed by atoms with van der Waals surface area (Å²) in [6.45, 7) is 4.10. The van der Waals surface area contributed by atoms with Crippen LogP contribution < -0.4 is 0 Å². The van der Waals surface area contributed by atoms with Gasteiger partial charge in [-0.05, 0) is 41.0 Å². The van der Waals surface area contributed by atoms with Crippen molar-refractivity contribution >= 4 is 5.57 Å². The Hall–Kier alpha value is -3.52. The molecule has 2 aromatic heterocycles. The highest BCUT2D eigenvalue weighted by Gasteiger charge is 1.99. The van der Waals surface area contributed by atoms with Gasteiger partial charge in [0.1, 0.15) is 0 Å². The van der Waals surface area contributed by atoms with Gasteiger partial charge in [-0.15, -0.1) is 0 Å². The standard InChI is InChI=1S/C14H12.C10H8N2/c1-12(13-8-4-2-5-9-13)14-10-6-3-7-11-14;1-3-7-11-9(5-1)10-6-2-4-8-12-10/h2-11H,1H2;1-8H. The Balaban J connectivity index is 0.000000152. The minimum absolute atomic E-state index is 0.915. The van der Waals surface area contributed by atoms with Crippen molar-refractivity contribution in [2.24, 2.45) is 0 Å². The summed E-state index contributed by atoms with van der Waals surface area (Å²) in [6.07, 6.45) is 3.54. The summed E-state index contributed by atoms with van der Waals surface area (Å²) in [5, 5.41) is 0. The molecule has 4 aromatic rings. The van der Waals surface area contributed by atoms with Crippen molar-refractivity contribution in [1.82, 2.24) is 9.97 Å². The fourth-order valence-corrected chi connectivity index (χ4v) is 2.47. The third-order valence-electron chi connectivity index (χ3n) is 3.84. The molecule has 0 N–H and O–H groups in total. The van der Waals surface area contributed by atoms with Gasteiger partial charge < -0.3 is 0 Å². The maximum Gasteiger partial charge on any atom is 0.0886 e. The molecule has 2 aromatic carbocycles. The third kappa shape index (κ3) is 4.74. The highest BCUT2D eigenvalue weighted by Crippen LogP contribution is 2.20. The van der Waals surface area contributed by atoms with Crippen molar-refractivity contribution in [3.63, 3.8) is 0 Å². The van der Waals surface area contributed by atoms with E-state index in [1.807, 2.05) is 72.8 Å². The summed E-state index contributed by atoms with van der Waals surface area (Å²) in [4.78, 5) is 8.37. The minimum atomic E-state index is 0.915. The van der Waals surface area contributed by atoms with Crippen LogP contribution in [-0.4, -0.2) is 9.97 Å². The Morgan fingerprint density at radius 1 is 0.500 bits per heavy atom. The van der Waals surface area contributed by atoms with Gasteiger partial charge in [0.25, 0.3) is 0 Å². The molecule has 0 saturated carbocycles. The molecule has 26 heavy (non-hydrogen) atoms. The fourth-order valence-electron chi connectivity index (χ4n) is 2.47. The molecule has 0 radical (unpaired) electrons. The number of aromatic nitrogens is 2. The Morgan fingerprint density at radius 3 is 1.23 bits per heavy atom. The van der Waals surface area contributed by atoms with E-state index in [2.05, 4.69) is 40.8 Å². The largest absolute Gasteiger partial charge is 0.255 e. The molecule has 0 unspecified atom stereocenters. The zero-order valence-corrected chi connectivity index (χ0v) is 14.5. The topological polar surface area (TPSA) is 25.8 Å². The summed E-state index contributed by atoms with van der Waals surface area (Å²) in [5.74, 6) is 0. The van der Waals surface area contributed by atoms with Gasteiger partial charge in [-0.2, -0.15) is 0 Å². The van der Waals surface area contributed by atoms with Gasteiger partial charge in [-0.1, -0.05) is 79.4 Å². The predicted octanol–water partition coefficient (Wildman–Crippen LogP) is 5.89. The Kier molecular flexibility index (Phi) is 6.05. The first-order valence-corrected chi connectivity index (χ1v) is 8.47. The number of benzene rings is 2. The van der Waals surface area contributed by atoms with Crippen molar-refractivity contribution in [2.75, 3.05) is 0 Å². The molecule has 0 aliphatic rings. The molecule has 2 nitrogen and oxygen atoms in total. The average Bonchev–Trinajstić information content (AvgIpc) is 2.76. The van der Waals surface area contributed by atoms with Crippen LogP contribution in [0.5, 0.6) is 0 Å². The number of pyridine rings is 2. The van der Waals surface area contributed by atoms with Crippen LogP contribution in [0.2, 0.25) is 0 Å². The van der Waals surface area contributed by atoms with E-state index in [0.29, 0.717) is 0 Å². The van der Waals surface area contributed by atoms with Gasteiger partial charge in [0, 0.05) is 12.4 Å². The minimum Gasteiger partial charge on any atom is -0.255 e. The van der Waals surface area contributed by atoms with E-state index in [1.54, 1.807) is 12.4 Å². The zero-order chi connectivity index (χ0) is 18.0. The molecule has 0 aliphatic heterocycles. The molecular formula is C24H20N2. The molecule has 0 amide bonds. The second kappa shape index (κ2) is 9.09. The van der Waals surface area contributed by atoms with Crippen molar-refractivity contribution in [2.45, 2.75) is 0 Å². The quantitative estimate of drug-likeness (QED) is 0.466. The number of hydrogen-bond donors (Lipinski definition) is 0. The summed E-state index contributed by atoms with van der Waals surface area (Å²) >= 11 is 0. The lowest BCUT2D eigenvalue weighted by atomic mass is 10.0. The third-order valence-corrected chi connectivity index (χ3v) is 3.84. The second-order valence-corrected chi connectivity index (χ2v) is 5.64. The van der Waals surface area contributed by atoms with Crippen molar-refractivity contribution in [3.8, 4) is 11.4 Å². The molecule has 2 heterocycles. The molecular weight excluding hydrogens is 316 g/mol. The molecule has 0 bridgehead atoms. The monoisotopic (exact) mass is 336 g/mol. The van der Waals surface area contributed by atoms with Crippen molar-refractivity contribution in [1.29, 1.82) is 0 Å². The first-order chi connectivity index (χ1) is 12.8. The van der Waals surface area contributed by atoms with Gasteiger partial charge in [0.2, 0.25) is 0 Å². The van der Waals surface area contributed by atoms with Gasteiger partial charge in [-0.25, -0.2) is 0 Å². The lowest BCUT2D eigenvalue weighted by molar-refractivity contribution is 1.25. The molecule has 4 rings (SSSR count). The molecule has 0 fully saturated rings. The average molecular weight is 336 g/mol. The van der Waals surface area contributed by atoms with E-state index in [1.165, 1.54) is 11.1 Å². The first-order valence-electron chi connectivity index (χ1n) is 8.47. The fraction of sp³-hybridized carbons (Fsp3) is 0. The normalized spacial score (nSPS) is 9.69. The SMILES string of the molecule is C=C(c1ccccc1)c1ccccc1.c1ccc(-c2ccccn2)nc1. The smallest absolute Gasteiger partial charge is 0.0886 e. The van der Waals surface area contributed by atoms with Gasteiger partial charge in [0.05, 0.1) is 11.4 Å². The zero-order valence-electron chi connectivity index (χ0n) is 14.5. The molecule has 0 spiro atoms. The first kappa shape index (κ1) is 17.3. The maximum atomic E-state index is 4.19. The molecule has 0 aliphatic carbocycles. The van der Waals surface area contributed by atoms with Crippen LogP contribution in [-0.2, 0) is 0 Å². The van der Waals surface area contributed by atoms with Gasteiger partial charge in [-0.3, -0.25) is 9.97 Å². The summed E-state index contributed by atoms with van der Waals surface area (Å²) in [7, 11) is 0. The van der Waals surface area contributed by atoms with Crippen molar-refractivity contribution in [3.05, 3.63) is 127 Å². The Labute approximate surface area is 154 Å². The van der Waals surface area contributed by atoms with E-state index >= 15 is 0 Å². The molecule has 126 valence electrons. The highest BCUT2D eigenvalue weighted by molar-refractivity contribution is 5.77. The van der Waals surface area contributed by atoms with Crippen LogP contribution in [0.4, 0.5) is 0 Å². The van der Waals surface area contributed by atoms with E-state index in [-0.39, 0.29) is 0 Å². The van der Waals surface area contributed by atoms with E-state index in [9.17, 15) is 0 Å².